The minimum Gasteiger partial charge on any atom is -0.453 e. The molecule has 3 saturated carbocycles. The van der Waals surface area contributed by atoms with Crippen LogP contribution in [0.15, 0.2) is 47.9 Å². The van der Waals surface area contributed by atoms with Gasteiger partial charge in [-0.2, -0.15) is 8.42 Å². The highest BCUT2D eigenvalue weighted by atomic mass is 32.2. The summed E-state index contributed by atoms with van der Waals surface area (Å²) in [6.45, 7) is 20.8. The Labute approximate surface area is 188 Å². The van der Waals surface area contributed by atoms with Crippen LogP contribution in [0.1, 0.15) is 61.3 Å². The molecule has 3 rings (SSSR count). The van der Waals surface area contributed by atoms with E-state index in [0.29, 0.717) is 11.8 Å². The maximum atomic E-state index is 12.9. The van der Waals surface area contributed by atoms with Gasteiger partial charge in [0.1, 0.15) is 11.7 Å². The number of carbonyl (C=O) groups excluding carboxylic acids is 1. The normalized spacial score (nSPS) is 35.7. The SMILES string of the molecule is C=C(C)C(=O)OC1(C)C(OS(=O)(=O)C(=C)/C=C\C=C/C(C)C)C2CC3CC32C1C.CC. The number of esters is 1. The van der Waals surface area contributed by atoms with Crippen molar-refractivity contribution in [2.24, 2.45) is 29.1 Å². The Balaban J connectivity index is 0.00000166. The first kappa shape index (κ1) is 25.6. The highest BCUT2D eigenvalue weighted by Gasteiger charge is 2.82. The Kier molecular flexibility index (Phi) is 7.49. The average Bonchev–Trinajstić information content (AvgIpc) is 3.25. The Hall–Kier alpha value is -1.66. The summed E-state index contributed by atoms with van der Waals surface area (Å²) >= 11 is 0. The highest BCUT2D eigenvalue weighted by molar-refractivity contribution is 7.90. The molecule has 0 aromatic carbocycles. The third-order valence-corrected chi connectivity index (χ3v) is 8.37. The smallest absolute Gasteiger partial charge is 0.333 e. The van der Waals surface area contributed by atoms with Crippen LogP contribution in [0.25, 0.3) is 0 Å². The Morgan fingerprint density at radius 2 is 1.81 bits per heavy atom. The number of ether oxygens (including phenoxy) is 1. The van der Waals surface area contributed by atoms with E-state index < -0.39 is 27.8 Å². The van der Waals surface area contributed by atoms with Crippen LogP contribution in [0, 0.1) is 29.1 Å². The lowest BCUT2D eigenvalue weighted by Gasteiger charge is -2.35. The van der Waals surface area contributed by atoms with Crippen LogP contribution < -0.4 is 0 Å². The fourth-order valence-electron chi connectivity index (χ4n) is 5.25. The van der Waals surface area contributed by atoms with Crippen molar-refractivity contribution in [2.45, 2.75) is 73.0 Å². The Morgan fingerprint density at radius 3 is 2.29 bits per heavy atom. The molecule has 5 nitrogen and oxygen atoms in total. The van der Waals surface area contributed by atoms with Gasteiger partial charge in [-0.3, -0.25) is 4.18 Å². The van der Waals surface area contributed by atoms with Crippen molar-refractivity contribution in [3.05, 3.63) is 47.9 Å². The molecule has 6 atom stereocenters. The van der Waals surface area contributed by atoms with Crippen molar-refractivity contribution in [3.63, 3.8) is 0 Å². The first-order valence-electron chi connectivity index (χ1n) is 11.2. The van der Waals surface area contributed by atoms with Crippen LogP contribution in [0.5, 0.6) is 0 Å². The zero-order valence-electron chi connectivity index (χ0n) is 20.0. The second-order valence-corrected chi connectivity index (χ2v) is 11.0. The predicted octanol–water partition coefficient (Wildman–Crippen LogP) is 5.56. The molecule has 0 saturated heterocycles. The highest BCUT2D eigenvalue weighted by Crippen LogP contribution is 2.82. The molecule has 0 amide bonds. The summed E-state index contributed by atoms with van der Waals surface area (Å²) in [4.78, 5) is 12.2. The van der Waals surface area contributed by atoms with Crippen molar-refractivity contribution >= 4 is 16.1 Å². The van der Waals surface area contributed by atoms with E-state index in [4.69, 9.17) is 8.92 Å². The molecule has 0 radical (unpaired) electrons. The fraction of sp³-hybridized carbons (Fsp3) is 0.640. The van der Waals surface area contributed by atoms with Gasteiger partial charge in [-0.05, 0) is 55.9 Å². The summed E-state index contributed by atoms with van der Waals surface area (Å²) in [6, 6.07) is 0. The van der Waals surface area contributed by atoms with Crippen LogP contribution in [0.3, 0.4) is 0 Å². The van der Waals surface area contributed by atoms with E-state index in [1.54, 1.807) is 26.0 Å². The van der Waals surface area contributed by atoms with Crippen molar-refractivity contribution in [2.75, 3.05) is 0 Å². The zero-order chi connectivity index (χ0) is 23.8. The van der Waals surface area contributed by atoms with E-state index in [9.17, 15) is 13.2 Å². The molecule has 174 valence electrons. The predicted molar refractivity (Wildman–Crippen MR) is 125 cm³/mol. The first-order chi connectivity index (χ1) is 14.4. The van der Waals surface area contributed by atoms with E-state index in [1.807, 2.05) is 40.7 Å². The molecule has 0 aromatic heterocycles. The van der Waals surface area contributed by atoms with Gasteiger partial charge in [0, 0.05) is 11.5 Å². The quantitative estimate of drug-likeness (QED) is 0.209. The summed E-state index contributed by atoms with van der Waals surface area (Å²) < 4.78 is 37.3. The van der Waals surface area contributed by atoms with E-state index in [0.717, 1.165) is 12.8 Å². The zero-order valence-corrected chi connectivity index (χ0v) is 20.8. The van der Waals surface area contributed by atoms with Crippen molar-refractivity contribution in [3.8, 4) is 0 Å². The van der Waals surface area contributed by atoms with Gasteiger partial charge >= 0.3 is 5.97 Å². The van der Waals surface area contributed by atoms with Gasteiger partial charge in [0.25, 0.3) is 10.1 Å². The molecule has 0 N–H and O–H groups in total. The van der Waals surface area contributed by atoms with Gasteiger partial charge in [0.2, 0.25) is 0 Å². The summed E-state index contributed by atoms with van der Waals surface area (Å²) in [7, 11) is -4.05. The van der Waals surface area contributed by atoms with Crippen molar-refractivity contribution in [1.29, 1.82) is 0 Å². The second-order valence-electron chi connectivity index (χ2n) is 9.36. The number of rotatable bonds is 8. The van der Waals surface area contributed by atoms with Crippen LogP contribution >= 0.6 is 0 Å². The standard InChI is InChI=1S/C23H32O5S.C2H6/c1-14(2)10-8-9-11-16(5)29(25,26)28-20-19-12-18-13-23(18,19)17(6)22(20,7)27-21(24)15(3)4;1-2/h8-11,14,17-20H,3,5,12-13H2,1-2,4,6-7H3;1-2H3/b10-8-,11-9-;. The first-order valence-corrected chi connectivity index (χ1v) is 12.6. The van der Waals surface area contributed by atoms with Gasteiger partial charge < -0.3 is 4.74 Å². The molecule has 3 fully saturated rings. The molecule has 31 heavy (non-hydrogen) atoms. The van der Waals surface area contributed by atoms with Gasteiger partial charge in [-0.1, -0.05) is 66.0 Å². The number of hydrogen-bond acceptors (Lipinski definition) is 5. The van der Waals surface area contributed by atoms with Crippen LogP contribution in [-0.2, 0) is 23.8 Å². The van der Waals surface area contributed by atoms with Crippen LogP contribution in [0.4, 0.5) is 0 Å². The summed E-state index contributed by atoms with van der Waals surface area (Å²) in [5, 5.41) is 0. The van der Waals surface area contributed by atoms with Gasteiger partial charge in [0.15, 0.2) is 0 Å². The minimum atomic E-state index is -4.05. The number of hydrogen-bond donors (Lipinski definition) is 0. The molecule has 0 bridgehead atoms. The molecule has 0 aromatic rings. The van der Waals surface area contributed by atoms with E-state index in [1.165, 1.54) is 6.08 Å². The van der Waals surface area contributed by atoms with E-state index >= 15 is 0 Å². The average molecular weight is 451 g/mol. The minimum absolute atomic E-state index is 0.0139. The topological polar surface area (TPSA) is 69.7 Å². The lowest BCUT2D eigenvalue weighted by molar-refractivity contribution is -0.166. The monoisotopic (exact) mass is 450 g/mol. The summed E-state index contributed by atoms with van der Waals surface area (Å²) in [5.74, 6) is 0.507. The van der Waals surface area contributed by atoms with Gasteiger partial charge in [-0.15, -0.1) is 0 Å². The number of carbonyl (C=O) groups is 1. The third-order valence-electron chi connectivity index (χ3n) is 7.13. The van der Waals surface area contributed by atoms with E-state index in [-0.39, 0.29) is 27.7 Å². The summed E-state index contributed by atoms with van der Waals surface area (Å²) in [6.07, 6.45) is 8.04. The molecule has 1 spiro atoms. The number of allylic oxidation sites excluding steroid dienone is 4. The lowest BCUT2D eigenvalue weighted by atomic mass is 9.71. The largest absolute Gasteiger partial charge is 0.453 e. The summed E-state index contributed by atoms with van der Waals surface area (Å²) in [5.41, 5.74) is -0.712. The Bertz CT molecular complexity index is 897. The molecular formula is C25H38O5S. The maximum absolute atomic E-state index is 12.9. The van der Waals surface area contributed by atoms with E-state index in [2.05, 4.69) is 13.2 Å². The fourth-order valence-corrected chi connectivity index (χ4v) is 6.22. The third kappa shape index (κ3) is 4.47. The Morgan fingerprint density at radius 1 is 1.19 bits per heavy atom. The molecule has 6 heteroatoms. The van der Waals surface area contributed by atoms with Gasteiger partial charge in [0.05, 0.1) is 4.91 Å². The molecule has 6 unspecified atom stereocenters. The molecular weight excluding hydrogens is 412 g/mol. The molecule has 3 aliphatic rings. The van der Waals surface area contributed by atoms with Crippen molar-refractivity contribution < 1.29 is 22.1 Å². The molecule has 3 aliphatic carbocycles. The van der Waals surface area contributed by atoms with Crippen molar-refractivity contribution in [1.82, 2.24) is 0 Å². The molecule has 0 aliphatic heterocycles. The second kappa shape index (κ2) is 9.07. The lowest BCUT2D eigenvalue weighted by Crippen LogP contribution is -2.47. The maximum Gasteiger partial charge on any atom is 0.333 e. The molecule has 0 heterocycles. The van der Waals surface area contributed by atoms with Gasteiger partial charge in [-0.25, -0.2) is 4.79 Å². The van der Waals surface area contributed by atoms with Crippen LogP contribution in [0.2, 0.25) is 0 Å². The van der Waals surface area contributed by atoms with Crippen LogP contribution in [-0.4, -0.2) is 26.1 Å².